The van der Waals surface area contributed by atoms with E-state index < -0.39 is 0 Å². The molecule has 1 N–H and O–H groups in total. The molecule has 1 saturated heterocycles. The minimum Gasteiger partial charge on any atom is -0.363 e. The molecule has 2 aliphatic rings. The second-order valence-corrected chi connectivity index (χ2v) is 9.25. The van der Waals surface area contributed by atoms with Gasteiger partial charge in [0.1, 0.15) is 10.8 Å². The Balaban J connectivity index is 1.39. The molecule has 0 bridgehead atoms. The molecule has 2 unspecified atom stereocenters. The summed E-state index contributed by atoms with van der Waals surface area (Å²) in [6.07, 6.45) is 4.84. The molecular formula is C24H27ClFN5O2. The summed E-state index contributed by atoms with van der Waals surface area (Å²) in [5.41, 5.74) is 5.43. The van der Waals surface area contributed by atoms with E-state index in [0.29, 0.717) is 25.4 Å². The first-order valence-electron chi connectivity index (χ1n) is 11.4. The lowest BCUT2D eigenvalue weighted by Crippen LogP contribution is -2.35. The maximum atomic E-state index is 13.5. The van der Waals surface area contributed by atoms with Crippen molar-refractivity contribution in [3.05, 3.63) is 73.7 Å². The van der Waals surface area contributed by atoms with Gasteiger partial charge in [0.2, 0.25) is 0 Å². The Kier molecular flexibility index (Phi) is 5.97. The van der Waals surface area contributed by atoms with Crippen molar-refractivity contribution in [3.8, 4) is 0 Å². The van der Waals surface area contributed by atoms with Crippen molar-refractivity contribution in [2.75, 3.05) is 18.1 Å². The average Bonchev–Trinajstić information content (AvgIpc) is 3.24. The third-order valence-corrected chi connectivity index (χ3v) is 7.12. The number of aryl methyl sites for hydroxylation is 1. The van der Waals surface area contributed by atoms with Gasteiger partial charge in [0, 0.05) is 24.6 Å². The molecule has 0 spiro atoms. The molecule has 2 atom stereocenters. The smallest absolute Gasteiger partial charge is 0.290 e. The van der Waals surface area contributed by atoms with Gasteiger partial charge in [-0.05, 0) is 55.9 Å². The van der Waals surface area contributed by atoms with E-state index in [2.05, 4.69) is 27.1 Å². The highest BCUT2D eigenvalue weighted by Gasteiger charge is 2.28. The molecule has 9 heteroatoms. The van der Waals surface area contributed by atoms with E-state index >= 15 is 0 Å². The van der Waals surface area contributed by atoms with Crippen LogP contribution in [0.4, 0.5) is 10.1 Å². The number of ether oxygens (including phenoxy) is 1. The van der Waals surface area contributed by atoms with Gasteiger partial charge >= 0.3 is 0 Å². The van der Waals surface area contributed by atoms with Crippen LogP contribution >= 0.6 is 11.6 Å². The number of hydrogen-bond donors (Lipinski definition) is 1. The lowest BCUT2D eigenvalue weighted by atomic mass is 9.89. The number of fused-ring (bicyclic) bond motifs is 1. The summed E-state index contributed by atoms with van der Waals surface area (Å²) in [5, 5.41) is 12.3. The molecule has 4 heterocycles. The topological polar surface area (TPSA) is 76.0 Å². The largest absolute Gasteiger partial charge is 0.363 e. The van der Waals surface area contributed by atoms with E-state index in [9.17, 15) is 9.18 Å². The van der Waals surface area contributed by atoms with Crippen LogP contribution in [0.25, 0.3) is 0 Å². The molecule has 1 aromatic carbocycles. The van der Waals surface area contributed by atoms with E-state index in [0.717, 1.165) is 48.2 Å². The molecular weight excluding hydrogens is 445 g/mol. The Morgan fingerprint density at radius 3 is 2.94 bits per heavy atom. The number of rotatable bonds is 4. The van der Waals surface area contributed by atoms with Gasteiger partial charge in [-0.3, -0.25) is 9.89 Å². The quantitative estimate of drug-likeness (QED) is 0.607. The molecule has 174 valence electrons. The number of nitrogens with one attached hydrogen (secondary N) is 1. The summed E-state index contributed by atoms with van der Waals surface area (Å²) in [4.78, 5) is 15.0. The molecule has 2 aromatic heterocycles. The van der Waals surface area contributed by atoms with Gasteiger partial charge in [0.25, 0.3) is 5.56 Å². The van der Waals surface area contributed by atoms with Gasteiger partial charge < -0.3 is 9.64 Å². The lowest BCUT2D eigenvalue weighted by molar-refractivity contribution is -0.0424. The summed E-state index contributed by atoms with van der Waals surface area (Å²) >= 11 is 6.52. The zero-order valence-electron chi connectivity index (χ0n) is 18.8. The molecule has 33 heavy (non-hydrogen) atoms. The number of anilines is 1. The van der Waals surface area contributed by atoms with E-state index in [1.807, 2.05) is 13.0 Å². The Labute approximate surface area is 196 Å². The Bertz CT molecular complexity index is 1230. The van der Waals surface area contributed by atoms with Gasteiger partial charge in [-0.1, -0.05) is 24.6 Å². The highest BCUT2D eigenvalue weighted by molar-refractivity contribution is 6.33. The summed E-state index contributed by atoms with van der Waals surface area (Å²) in [7, 11) is 0. The van der Waals surface area contributed by atoms with Crippen LogP contribution < -0.4 is 10.5 Å². The highest BCUT2D eigenvalue weighted by atomic mass is 35.5. The van der Waals surface area contributed by atoms with Crippen LogP contribution in [0.15, 0.2) is 29.2 Å². The summed E-state index contributed by atoms with van der Waals surface area (Å²) in [6, 6.07) is 4.89. The van der Waals surface area contributed by atoms with Crippen LogP contribution in [0.5, 0.6) is 0 Å². The lowest BCUT2D eigenvalue weighted by Gasteiger charge is -2.30. The van der Waals surface area contributed by atoms with Gasteiger partial charge in [-0.15, -0.1) is 0 Å². The van der Waals surface area contributed by atoms with Crippen LogP contribution in [0.1, 0.15) is 66.4 Å². The third-order valence-electron chi connectivity index (χ3n) is 6.77. The minimum atomic E-state index is -0.350. The molecule has 1 fully saturated rings. The Hall–Kier alpha value is -2.71. The van der Waals surface area contributed by atoms with Crippen molar-refractivity contribution in [2.45, 2.75) is 58.2 Å². The van der Waals surface area contributed by atoms with Crippen LogP contribution in [0, 0.1) is 12.7 Å². The predicted octanol–water partition coefficient (Wildman–Crippen LogP) is 4.48. The number of H-pyrrole nitrogens is 1. The third kappa shape index (κ3) is 4.06. The molecule has 2 aliphatic heterocycles. The second kappa shape index (κ2) is 8.91. The van der Waals surface area contributed by atoms with Gasteiger partial charge in [0.15, 0.2) is 6.23 Å². The van der Waals surface area contributed by atoms with Crippen molar-refractivity contribution in [3.63, 3.8) is 0 Å². The van der Waals surface area contributed by atoms with Crippen molar-refractivity contribution >= 4 is 17.3 Å². The van der Waals surface area contributed by atoms with Gasteiger partial charge in [0.05, 0.1) is 29.8 Å². The van der Waals surface area contributed by atoms with E-state index in [1.165, 1.54) is 16.3 Å². The van der Waals surface area contributed by atoms with Crippen molar-refractivity contribution in [1.29, 1.82) is 0 Å². The van der Waals surface area contributed by atoms with Crippen molar-refractivity contribution in [1.82, 2.24) is 20.0 Å². The molecule has 0 amide bonds. The number of benzene rings is 1. The predicted molar refractivity (Wildman–Crippen MR) is 124 cm³/mol. The molecule has 0 radical (unpaired) electrons. The van der Waals surface area contributed by atoms with Crippen LogP contribution in [-0.2, 0) is 17.7 Å². The maximum absolute atomic E-state index is 13.5. The first-order valence-corrected chi connectivity index (χ1v) is 11.8. The van der Waals surface area contributed by atoms with Crippen molar-refractivity contribution in [2.24, 2.45) is 0 Å². The fraction of sp³-hybridized carbons (Fsp3) is 0.458. The number of halogens is 2. The van der Waals surface area contributed by atoms with Crippen LogP contribution in [-0.4, -0.2) is 33.1 Å². The first-order chi connectivity index (χ1) is 15.9. The zero-order valence-corrected chi connectivity index (χ0v) is 19.5. The normalized spacial score (nSPS) is 19.4. The van der Waals surface area contributed by atoms with E-state index in [4.69, 9.17) is 16.3 Å². The summed E-state index contributed by atoms with van der Waals surface area (Å²) in [6.45, 7) is 5.90. The minimum absolute atomic E-state index is 0.0434. The standard InChI is InChI=1S/C24H27ClFN5O2/c1-14-11-16(26)6-7-17(14)15(2)23-18-8-9-30(13-19(18)28-29-23)20-12-27-31(24(32)22(20)25)21-5-3-4-10-33-21/h6-7,11-12,15,21H,3-5,8-10,13H2,1-2H3,(H,28,29). The molecule has 3 aromatic rings. The first kappa shape index (κ1) is 22.1. The SMILES string of the molecule is Cc1cc(F)ccc1C(C)c1n[nH]c2c1CCN(c1cnn(C3CCCCO3)c(=O)c1Cl)C2. The van der Waals surface area contributed by atoms with Crippen molar-refractivity contribution < 1.29 is 9.13 Å². The fourth-order valence-electron chi connectivity index (χ4n) is 4.96. The monoisotopic (exact) mass is 471 g/mol. The Morgan fingerprint density at radius 2 is 2.18 bits per heavy atom. The van der Waals surface area contributed by atoms with E-state index in [-0.39, 0.29) is 28.5 Å². The number of nitrogens with zero attached hydrogens (tertiary/aromatic N) is 4. The number of aromatic amines is 1. The average molecular weight is 472 g/mol. The molecule has 7 nitrogen and oxygen atoms in total. The highest BCUT2D eigenvalue weighted by Crippen LogP contribution is 2.34. The number of aromatic nitrogens is 4. The summed E-state index contributed by atoms with van der Waals surface area (Å²) < 4.78 is 20.6. The molecule has 5 rings (SSSR count). The van der Waals surface area contributed by atoms with Gasteiger partial charge in [-0.2, -0.15) is 14.9 Å². The van der Waals surface area contributed by atoms with Gasteiger partial charge in [-0.25, -0.2) is 4.39 Å². The zero-order chi connectivity index (χ0) is 23.1. The van der Waals surface area contributed by atoms with E-state index in [1.54, 1.807) is 12.3 Å². The molecule has 0 aliphatic carbocycles. The maximum Gasteiger partial charge on any atom is 0.290 e. The second-order valence-electron chi connectivity index (χ2n) is 8.87. The Morgan fingerprint density at radius 1 is 1.33 bits per heavy atom. The number of hydrogen-bond acceptors (Lipinski definition) is 5. The van der Waals surface area contributed by atoms with Crippen LogP contribution in [0.3, 0.4) is 0 Å². The van der Waals surface area contributed by atoms with Crippen LogP contribution in [0.2, 0.25) is 5.02 Å². The fourth-order valence-corrected chi connectivity index (χ4v) is 5.21. The summed E-state index contributed by atoms with van der Waals surface area (Å²) in [5.74, 6) is -0.188. The molecule has 0 saturated carbocycles.